The van der Waals surface area contributed by atoms with Crippen molar-refractivity contribution in [3.05, 3.63) is 12.7 Å². The number of halogens is 2. The largest absolute Gasteiger partial charge is 0.480 e. The van der Waals surface area contributed by atoms with E-state index in [0.29, 0.717) is 6.42 Å². The molecule has 146 valence electrons. The minimum atomic E-state index is -3.57. The minimum Gasteiger partial charge on any atom is -0.480 e. The Morgan fingerprint density at radius 2 is 1.96 bits per heavy atom. The fraction of sp³-hybridized carbons (Fsp3) is 0.706. The van der Waals surface area contributed by atoms with E-state index in [4.69, 9.17) is 4.74 Å². The van der Waals surface area contributed by atoms with Gasteiger partial charge in [0.2, 0.25) is 0 Å². The average molecular weight is 374 g/mol. The predicted octanol–water partition coefficient (Wildman–Crippen LogP) is 2.17. The number of carbonyl (C=O) groups is 3. The fourth-order valence-corrected chi connectivity index (χ4v) is 3.34. The molecule has 2 aliphatic rings. The van der Waals surface area contributed by atoms with Gasteiger partial charge in [-0.1, -0.05) is 6.08 Å². The van der Waals surface area contributed by atoms with Gasteiger partial charge in [0.1, 0.15) is 11.6 Å². The second-order valence-electron chi connectivity index (χ2n) is 7.91. The van der Waals surface area contributed by atoms with Gasteiger partial charge >= 0.3 is 18.0 Å². The molecule has 26 heavy (non-hydrogen) atoms. The molecule has 1 saturated carbocycles. The lowest BCUT2D eigenvalue weighted by Crippen LogP contribution is -2.45. The van der Waals surface area contributed by atoms with E-state index in [0.717, 1.165) is 11.0 Å². The number of carboxylic acids is 1. The van der Waals surface area contributed by atoms with Crippen molar-refractivity contribution in [1.82, 2.24) is 10.2 Å². The lowest BCUT2D eigenvalue weighted by Gasteiger charge is -2.28. The van der Waals surface area contributed by atoms with E-state index in [-0.39, 0.29) is 13.0 Å². The van der Waals surface area contributed by atoms with Gasteiger partial charge in [-0.2, -0.15) is 8.78 Å². The van der Waals surface area contributed by atoms with E-state index in [2.05, 4.69) is 11.9 Å². The first kappa shape index (κ1) is 20.1. The zero-order chi connectivity index (χ0) is 19.9. The number of amides is 2. The highest BCUT2D eigenvalue weighted by atomic mass is 19.3. The number of likely N-dealkylation sites (tertiary alicyclic amines) is 1. The van der Waals surface area contributed by atoms with Crippen LogP contribution in [-0.4, -0.2) is 58.1 Å². The van der Waals surface area contributed by atoms with Crippen LogP contribution in [0.15, 0.2) is 12.7 Å². The molecule has 1 saturated heterocycles. The molecule has 2 amide bonds. The van der Waals surface area contributed by atoms with Gasteiger partial charge in [-0.25, -0.2) is 9.59 Å². The summed E-state index contributed by atoms with van der Waals surface area (Å²) in [6, 6.07) is -1.55. The highest BCUT2D eigenvalue weighted by Crippen LogP contribution is 2.59. The van der Waals surface area contributed by atoms with Gasteiger partial charge in [0, 0.05) is 24.4 Å². The first-order chi connectivity index (χ1) is 11.8. The molecule has 2 rings (SSSR count). The third-order valence-electron chi connectivity index (χ3n) is 4.64. The molecule has 0 spiro atoms. The van der Waals surface area contributed by atoms with Crippen LogP contribution in [0.1, 0.15) is 40.0 Å². The number of ether oxygens (including phenoxy) is 1. The normalized spacial score (nSPS) is 27.5. The number of nitrogens with zero attached hydrogens (tertiary/aromatic N) is 1. The summed E-state index contributed by atoms with van der Waals surface area (Å²) < 4.78 is 32.4. The third kappa shape index (κ3) is 3.96. The molecule has 2 N–H and O–H groups in total. The predicted molar refractivity (Wildman–Crippen MR) is 87.7 cm³/mol. The van der Waals surface area contributed by atoms with Crippen LogP contribution < -0.4 is 5.32 Å². The molecule has 7 nitrogen and oxygen atoms in total. The zero-order valence-electron chi connectivity index (χ0n) is 15.1. The van der Waals surface area contributed by atoms with Crippen LogP contribution in [0.3, 0.4) is 0 Å². The zero-order valence-corrected chi connectivity index (χ0v) is 15.1. The van der Waals surface area contributed by atoms with E-state index < -0.39 is 53.4 Å². The molecule has 1 aliphatic carbocycles. The highest BCUT2D eigenvalue weighted by molar-refractivity contribution is 5.84. The lowest BCUT2D eigenvalue weighted by molar-refractivity contribution is -0.145. The van der Waals surface area contributed by atoms with Crippen LogP contribution in [0.2, 0.25) is 0 Å². The average Bonchev–Trinajstić information content (AvgIpc) is 3.07. The lowest BCUT2D eigenvalue weighted by atomic mass is 9.99. The van der Waals surface area contributed by atoms with Crippen molar-refractivity contribution in [1.29, 1.82) is 0 Å². The third-order valence-corrected chi connectivity index (χ3v) is 4.64. The number of carbonyl (C=O) groups excluding carboxylic acids is 2. The number of hydrogen-bond acceptors (Lipinski definition) is 4. The number of carboxylic acid groups (broad SMARTS) is 1. The Kier molecular flexibility index (Phi) is 5.04. The summed E-state index contributed by atoms with van der Waals surface area (Å²) in [6.45, 7) is 8.07. The number of allylic oxidation sites excluding steroid dienone is 1. The molecule has 2 fully saturated rings. The Hall–Kier alpha value is -2.19. The van der Waals surface area contributed by atoms with Gasteiger partial charge in [0.05, 0.1) is 0 Å². The van der Waals surface area contributed by atoms with Crippen molar-refractivity contribution in [2.24, 2.45) is 5.41 Å². The molecule has 1 unspecified atom stereocenters. The Balaban J connectivity index is 2.06. The van der Waals surface area contributed by atoms with Crippen molar-refractivity contribution in [3.63, 3.8) is 0 Å². The first-order valence-corrected chi connectivity index (χ1v) is 8.34. The van der Waals surface area contributed by atoms with Crippen LogP contribution in [0.4, 0.5) is 13.6 Å². The first-order valence-electron chi connectivity index (χ1n) is 8.34. The van der Waals surface area contributed by atoms with Crippen LogP contribution in [-0.2, 0) is 14.3 Å². The summed E-state index contributed by atoms with van der Waals surface area (Å²) in [5.41, 5.74) is -1.50. The van der Waals surface area contributed by atoms with Crippen molar-refractivity contribution < 1.29 is 33.0 Å². The maximum absolute atomic E-state index is 13.6. The number of hydrogen-bond donors (Lipinski definition) is 2. The molecule has 9 heteroatoms. The SMILES string of the molecule is C=CCC(F)(F)C(=O)NCC12C[C@@H](C(=O)O)N(C(=O)OC(C)(C)C)[C@@H]1C2. The number of fused-ring (bicyclic) bond motifs is 1. The van der Waals surface area contributed by atoms with Crippen LogP contribution in [0.5, 0.6) is 0 Å². The topological polar surface area (TPSA) is 95.9 Å². The number of alkyl halides is 2. The van der Waals surface area contributed by atoms with Crippen molar-refractivity contribution in [2.75, 3.05) is 6.54 Å². The second-order valence-corrected chi connectivity index (χ2v) is 7.91. The van der Waals surface area contributed by atoms with Crippen LogP contribution in [0.25, 0.3) is 0 Å². The quantitative estimate of drug-likeness (QED) is 0.695. The number of nitrogens with one attached hydrogen (secondary N) is 1. The van der Waals surface area contributed by atoms with Crippen LogP contribution in [0, 0.1) is 5.41 Å². The summed E-state index contributed by atoms with van der Waals surface area (Å²) in [4.78, 5) is 36.7. The molecule has 1 heterocycles. The molecule has 0 aromatic heterocycles. The second kappa shape index (κ2) is 6.51. The van der Waals surface area contributed by atoms with Gasteiger partial charge in [-0.05, 0) is 33.6 Å². The van der Waals surface area contributed by atoms with Crippen molar-refractivity contribution in [3.8, 4) is 0 Å². The number of piperidine rings is 1. The Morgan fingerprint density at radius 1 is 1.35 bits per heavy atom. The molecular weight excluding hydrogens is 350 g/mol. The molecule has 0 aromatic carbocycles. The molecular formula is C17H24F2N2O5. The van der Waals surface area contributed by atoms with Crippen molar-refractivity contribution >= 4 is 18.0 Å². The van der Waals surface area contributed by atoms with Gasteiger partial charge in [-0.15, -0.1) is 6.58 Å². The standard InChI is InChI=1S/C17H24F2N2O5/c1-5-6-17(18,19)13(24)20-9-16-7-10(12(22)23)21(11(16)8-16)14(25)26-15(2,3)4/h5,10-11H,1,6-9H2,2-4H3,(H,20,24)(H,22,23)/t10-,11+,16?/m0/s1. The number of rotatable bonds is 6. The summed E-state index contributed by atoms with van der Waals surface area (Å²) in [7, 11) is 0. The molecule has 0 bridgehead atoms. The molecule has 3 atom stereocenters. The smallest absolute Gasteiger partial charge is 0.411 e. The van der Waals surface area contributed by atoms with Gasteiger partial charge in [0.15, 0.2) is 0 Å². The summed E-state index contributed by atoms with van der Waals surface area (Å²) >= 11 is 0. The van der Waals surface area contributed by atoms with Crippen LogP contribution >= 0.6 is 0 Å². The van der Waals surface area contributed by atoms with E-state index in [1.54, 1.807) is 20.8 Å². The van der Waals surface area contributed by atoms with E-state index in [1.165, 1.54) is 0 Å². The van der Waals surface area contributed by atoms with E-state index in [1.807, 2.05) is 0 Å². The maximum Gasteiger partial charge on any atom is 0.411 e. The monoisotopic (exact) mass is 374 g/mol. The molecule has 0 aromatic rings. The highest BCUT2D eigenvalue weighted by Gasteiger charge is 2.68. The van der Waals surface area contributed by atoms with Gasteiger partial charge < -0.3 is 15.2 Å². The Labute approximate surface area is 150 Å². The Morgan fingerprint density at radius 3 is 2.46 bits per heavy atom. The van der Waals surface area contributed by atoms with E-state index in [9.17, 15) is 28.3 Å². The summed E-state index contributed by atoms with van der Waals surface area (Å²) in [6.07, 6.45) is -0.0598. The summed E-state index contributed by atoms with van der Waals surface area (Å²) in [5, 5.41) is 11.6. The Bertz CT molecular complexity index is 631. The van der Waals surface area contributed by atoms with Gasteiger partial charge in [0.25, 0.3) is 5.91 Å². The molecule has 0 radical (unpaired) electrons. The maximum atomic E-state index is 13.6. The minimum absolute atomic E-state index is 0.0829. The summed E-state index contributed by atoms with van der Waals surface area (Å²) in [5.74, 6) is -6.19. The molecule has 1 aliphatic heterocycles. The van der Waals surface area contributed by atoms with Crippen molar-refractivity contribution in [2.45, 2.75) is 63.6 Å². The fourth-order valence-electron chi connectivity index (χ4n) is 3.34. The van der Waals surface area contributed by atoms with Gasteiger partial charge in [-0.3, -0.25) is 9.69 Å². The number of aliphatic carboxylic acids is 1. The van der Waals surface area contributed by atoms with E-state index >= 15 is 0 Å².